The van der Waals surface area contributed by atoms with Gasteiger partial charge in [-0.3, -0.25) is 9.52 Å². The quantitative estimate of drug-likeness (QED) is 0.872. The molecule has 24 heavy (non-hydrogen) atoms. The van der Waals surface area contributed by atoms with Crippen LogP contribution in [0.5, 0.6) is 0 Å². The van der Waals surface area contributed by atoms with Crippen LogP contribution in [0.15, 0.2) is 47.4 Å². The molecule has 3 rings (SSSR count). The number of benzene rings is 2. The van der Waals surface area contributed by atoms with E-state index in [4.69, 9.17) is 0 Å². The Labute approximate surface area is 139 Å². The van der Waals surface area contributed by atoms with E-state index in [-0.39, 0.29) is 22.5 Å². The van der Waals surface area contributed by atoms with Crippen LogP contribution in [0.2, 0.25) is 0 Å². The second kappa shape index (κ2) is 6.24. The van der Waals surface area contributed by atoms with Gasteiger partial charge in [0.15, 0.2) is 0 Å². The zero-order valence-electron chi connectivity index (χ0n) is 13.0. The van der Waals surface area contributed by atoms with E-state index in [1.807, 2.05) is 0 Å². The van der Waals surface area contributed by atoms with Crippen LogP contribution in [0, 0.1) is 12.7 Å². The zero-order valence-corrected chi connectivity index (χ0v) is 13.9. The van der Waals surface area contributed by atoms with Crippen LogP contribution >= 0.6 is 0 Å². The molecule has 0 aliphatic heterocycles. The lowest BCUT2D eigenvalue weighted by molar-refractivity contribution is 0.0951. The second-order valence-corrected chi connectivity index (χ2v) is 7.53. The summed E-state index contributed by atoms with van der Waals surface area (Å²) in [7, 11) is -3.86. The third-order valence-corrected chi connectivity index (χ3v) is 5.11. The molecule has 0 bridgehead atoms. The van der Waals surface area contributed by atoms with Crippen LogP contribution in [-0.4, -0.2) is 20.4 Å². The molecule has 5 nitrogen and oxygen atoms in total. The van der Waals surface area contributed by atoms with Crippen molar-refractivity contribution in [2.75, 3.05) is 4.72 Å². The second-order valence-electron chi connectivity index (χ2n) is 5.85. The molecule has 126 valence electrons. The van der Waals surface area contributed by atoms with Gasteiger partial charge >= 0.3 is 0 Å². The van der Waals surface area contributed by atoms with E-state index < -0.39 is 15.8 Å². The minimum absolute atomic E-state index is 0.0204. The Bertz CT molecular complexity index is 892. The lowest BCUT2D eigenvalue weighted by atomic mass is 10.2. The number of carbonyl (C=O) groups is 1. The van der Waals surface area contributed by atoms with Crippen molar-refractivity contribution in [1.29, 1.82) is 0 Å². The molecular weight excluding hydrogens is 331 g/mol. The highest BCUT2D eigenvalue weighted by Gasteiger charge is 2.24. The molecule has 1 fully saturated rings. The first-order valence-corrected chi connectivity index (χ1v) is 9.03. The molecule has 0 heterocycles. The van der Waals surface area contributed by atoms with Crippen LogP contribution in [0.1, 0.15) is 28.8 Å². The fourth-order valence-electron chi connectivity index (χ4n) is 2.22. The summed E-state index contributed by atoms with van der Waals surface area (Å²) in [5.74, 6) is -0.691. The number of halogens is 1. The van der Waals surface area contributed by atoms with E-state index in [0.717, 1.165) is 12.8 Å². The zero-order chi connectivity index (χ0) is 17.3. The van der Waals surface area contributed by atoms with Crippen molar-refractivity contribution < 1.29 is 17.6 Å². The molecule has 1 amide bonds. The SMILES string of the molecule is Cc1cc(NS(=O)(=O)c2cccc(C(=O)NC3CC3)c2)ccc1F. The monoisotopic (exact) mass is 348 g/mol. The maximum atomic E-state index is 13.3. The fraction of sp³-hybridized carbons (Fsp3) is 0.235. The molecule has 0 spiro atoms. The van der Waals surface area contributed by atoms with Gasteiger partial charge in [0.05, 0.1) is 4.90 Å². The average Bonchev–Trinajstić information content (AvgIpc) is 3.35. The molecular formula is C17H17FN2O3S. The Balaban J connectivity index is 1.83. The van der Waals surface area contributed by atoms with E-state index in [1.54, 1.807) is 13.0 Å². The molecule has 0 atom stereocenters. The van der Waals surface area contributed by atoms with Gasteiger partial charge in [-0.2, -0.15) is 0 Å². The van der Waals surface area contributed by atoms with Gasteiger partial charge in [0, 0.05) is 17.3 Å². The smallest absolute Gasteiger partial charge is 0.261 e. The van der Waals surface area contributed by atoms with E-state index in [2.05, 4.69) is 10.0 Å². The minimum Gasteiger partial charge on any atom is -0.349 e. The molecule has 1 saturated carbocycles. The molecule has 2 N–H and O–H groups in total. The molecule has 0 unspecified atom stereocenters. The summed E-state index contributed by atoms with van der Waals surface area (Å²) >= 11 is 0. The van der Waals surface area contributed by atoms with Gasteiger partial charge in [-0.05, 0) is 61.7 Å². The topological polar surface area (TPSA) is 75.3 Å². The Kier molecular flexibility index (Phi) is 4.28. The minimum atomic E-state index is -3.86. The summed E-state index contributed by atoms with van der Waals surface area (Å²) in [4.78, 5) is 12.0. The average molecular weight is 348 g/mol. The number of sulfonamides is 1. The highest BCUT2D eigenvalue weighted by molar-refractivity contribution is 7.92. The first kappa shape index (κ1) is 16.4. The Morgan fingerprint density at radius 2 is 1.92 bits per heavy atom. The van der Waals surface area contributed by atoms with E-state index >= 15 is 0 Å². The third kappa shape index (κ3) is 3.73. The Hall–Kier alpha value is -2.41. The lowest BCUT2D eigenvalue weighted by Crippen LogP contribution is -2.25. The van der Waals surface area contributed by atoms with Gasteiger partial charge in [-0.15, -0.1) is 0 Å². The number of rotatable bonds is 5. The van der Waals surface area contributed by atoms with Gasteiger partial charge in [-0.1, -0.05) is 6.07 Å². The fourth-order valence-corrected chi connectivity index (χ4v) is 3.32. The third-order valence-electron chi connectivity index (χ3n) is 3.73. The first-order valence-electron chi connectivity index (χ1n) is 7.55. The summed E-state index contributed by atoms with van der Waals surface area (Å²) in [6.45, 7) is 1.55. The number of carbonyl (C=O) groups excluding carboxylic acids is 1. The van der Waals surface area contributed by atoms with Crippen molar-refractivity contribution in [2.24, 2.45) is 0 Å². The number of hydrogen-bond acceptors (Lipinski definition) is 3. The normalized spacial score (nSPS) is 14.2. The van der Waals surface area contributed by atoms with Crippen molar-refractivity contribution in [3.05, 3.63) is 59.4 Å². The molecule has 0 saturated heterocycles. The summed E-state index contributed by atoms with van der Waals surface area (Å²) in [5.41, 5.74) is 0.898. The van der Waals surface area contributed by atoms with E-state index in [0.29, 0.717) is 11.1 Å². The lowest BCUT2D eigenvalue weighted by Gasteiger charge is -2.10. The van der Waals surface area contributed by atoms with Gasteiger partial charge in [0.2, 0.25) is 0 Å². The Morgan fingerprint density at radius 1 is 1.17 bits per heavy atom. The molecule has 2 aromatic rings. The molecule has 1 aliphatic rings. The number of hydrogen-bond donors (Lipinski definition) is 2. The molecule has 7 heteroatoms. The largest absolute Gasteiger partial charge is 0.349 e. The number of nitrogens with one attached hydrogen (secondary N) is 2. The van der Waals surface area contributed by atoms with Crippen molar-refractivity contribution in [1.82, 2.24) is 5.32 Å². The molecule has 1 aliphatic carbocycles. The van der Waals surface area contributed by atoms with Gasteiger partial charge < -0.3 is 5.32 Å². The predicted octanol–water partition coefficient (Wildman–Crippen LogP) is 2.83. The van der Waals surface area contributed by atoms with E-state index in [9.17, 15) is 17.6 Å². The van der Waals surface area contributed by atoms with Crippen molar-refractivity contribution in [2.45, 2.75) is 30.7 Å². The van der Waals surface area contributed by atoms with Gasteiger partial charge in [-0.25, -0.2) is 12.8 Å². The van der Waals surface area contributed by atoms with Crippen LogP contribution < -0.4 is 10.0 Å². The molecule has 0 radical (unpaired) electrons. The standard InChI is InChI=1S/C17H17FN2O3S/c1-11-9-14(7-8-16(11)18)20-24(22,23)15-4-2-3-12(10-15)17(21)19-13-5-6-13/h2-4,7-10,13,20H,5-6H2,1H3,(H,19,21). The van der Waals surface area contributed by atoms with Gasteiger partial charge in [0.1, 0.15) is 5.82 Å². The van der Waals surface area contributed by atoms with Crippen molar-refractivity contribution in [3.63, 3.8) is 0 Å². The molecule has 2 aromatic carbocycles. The predicted molar refractivity (Wildman–Crippen MR) is 88.9 cm³/mol. The highest BCUT2D eigenvalue weighted by Crippen LogP contribution is 2.21. The highest BCUT2D eigenvalue weighted by atomic mass is 32.2. The maximum Gasteiger partial charge on any atom is 0.261 e. The molecule has 0 aromatic heterocycles. The maximum absolute atomic E-state index is 13.3. The first-order chi connectivity index (χ1) is 11.3. The van der Waals surface area contributed by atoms with Crippen molar-refractivity contribution >= 4 is 21.6 Å². The number of aryl methyl sites for hydroxylation is 1. The van der Waals surface area contributed by atoms with Crippen LogP contribution in [0.4, 0.5) is 10.1 Å². The van der Waals surface area contributed by atoms with Crippen LogP contribution in [0.25, 0.3) is 0 Å². The van der Waals surface area contributed by atoms with Gasteiger partial charge in [0.25, 0.3) is 15.9 Å². The number of amides is 1. The van der Waals surface area contributed by atoms with Crippen LogP contribution in [-0.2, 0) is 10.0 Å². The van der Waals surface area contributed by atoms with Crippen molar-refractivity contribution in [3.8, 4) is 0 Å². The summed E-state index contributed by atoms with van der Waals surface area (Å²) in [6, 6.07) is 9.99. The van der Waals surface area contributed by atoms with Crippen LogP contribution in [0.3, 0.4) is 0 Å². The summed E-state index contributed by atoms with van der Waals surface area (Å²) in [5, 5.41) is 2.82. The summed E-state index contributed by atoms with van der Waals surface area (Å²) in [6.07, 6.45) is 1.91. The van der Waals surface area contributed by atoms with E-state index in [1.165, 1.54) is 36.4 Å². The number of anilines is 1. The Morgan fingerprint density at radius 3 is 2.58 bits per heavy atom. The summed E-state index contributed by atoms with van der Waals surface area (Å²) < 4.78 is 40.6.